The van der Waals surface area contributed by atoms with Crippen molar-refractivity contribution in [1.29, 1.82) is 0 Å². The average Bonchev–Trinajstić information content (AvgIpc) is 2.84. The summed E-state index contributed by atoms with van der Waals surface area (Å²) in [6, 6.07) is 7.55. The highest BCUT2D eigenvalue weighted by atomic mass is 35.5. The minimum Gasteiger partial charge on any atom is -0.493 e. The summed E-state index contributed by atoms with van der Waals surface area (Å²) in [6.45, 7) is 1.90. The van der Waals surface area contributed by atoms with Crippen molar-refractivity contribution < 1.29 is 9.47 Å². The van der Waals surface area contributed by atoms with Gasteiger partial charge in [-0.1, -0.05) is 11.6 Å². The van der Waals surface area contributed by atoms with E-state index in [0.29, 0.717) is 16.7 Å². The molecule has 0 radical (unpaired) electrons. The first kappa shape index (κ1) is 14.7. The Labute approximate surface area is 133 Å². The number of methoxy groups -OCH3 is 2. The van der Waals surface area contributed by atoms with E-state index in [4.69, 9.17) is 26.1 Å². The average molecular weight is 318 g/mol. The Hall–Kier alpha value is -2.27. The number of rotatable bonds is 3. The highest BCUT2D eigenvalue weighted by Crippen LogP contribution is 2.33. The molecule has 6 heteroatoms. The van der Waals surface area contributed by atoms with Crippen molar-refractivity contribution in [2.24, 2.45) is 7.05 Å². The maximum Gasteiger partial charge on any atom is 0.161 e. The van der Waals surface area contributed by atoms with Gasteiger partial charge in [-0.25, -0.2) is 9.97 Å². The van der Waals surface area contributed by atoms with Crippen molar-refractivity contribution in [3.8, 4) is 22.9 Å². The number of hydrogen-bond acceptors (Lipinski definition) is 4. The monoisotopic (exact) mass is 317 g/mol. The van der Waals surface area contributed by atoms with Crippen LogP contribution in [0.15, 0.2) is 24.3 Å². The van der Waals surface area contributed by atoms with Crippen molar-refractivity contribution in [2.75, 3.05) is 14.2 Å². The molecular weight excluding hydrogens is 302 g/mol. The van der Waals surface area contributed by atoms with E-state index >= 15 is 0 Å². The summed E-state index contributed by atoms with van der Waals surface area (Å²) in [7, 11) is 5.19. The Morgan fingerprint density at radius 3 is 2.45 bits per heavy atom. The number of aromatic nitrogens is 3. The zero-order valence-electron chi connectivity index (χ0n) is 12.8. The third kappa shape index (κ3) is 2.27. The maximum atomic E-state index is 6.05. The first-order valence-corrected chi connectivity index (χ1v) is 7.15. The van der Waals surface area contributed by atoms with Gasteiger partial charge in [0.15, 0.2) is 11.5 Å². The molecule has 0 atom stereocenters. The van der Waals surface area contributed by atoms with E-state index in [-0.39, 0.29) is 0 Å². The van der Waals surface area contributed by atoms with Gasteiger partial charge in [0, 0.05) is 18.7 Å². The van der Waals surface area contributed by atoms with Gasteiger partial charge in [-0.2, -0.15) is 0 Å². The number of fused-ring (bicyclic) bond motifs is 1. The maximum absolute atomic E-state index is 6.05. The summed E-state index contributed by atoms with van der Waals surface area (Å²) in [5.74, 6) is 2.17. The van der Waals surface area contributed by atoms with Crippen LogP contribution in [0.25, 0.3) is 22.4 Å². The molecule has 3 rings (SSSR count). The lowest BCUT2D eigenvalue weighted by atomic mass is 10.2. The molecule has 0 saturated carbocycles. The molecule has 1 aromatic carbocycles. The van der Waals surface area contributed by atoms with Crippen LogP contribution in [0.4, 0.5) is 0 Å². The summed E-state index contributed by atoms with van der Waals surface area (Å²) >= 11 is 6.05. The van der Waals surface area contributed by atoms with E-state index in [1.165, 1.54) is 0 Å². The lowest BCUT2D eigenvalue weighted by molar-refractivity contribution is 0.355. The topological polar surface area (TPSA) is 49.2 Å². The highest BCUT2D eigenvalue weighted by molar-refractivity contribution is 6.30. The fraction of sp³-hybridized carbons (Fsp3) is 0.250. The van der Waals surface area contributed by atoms with E-state index in [1.54, 1.807) is 14.2 Å². The van der Waals surface area contributed by atoms with E-state index in [0.717, 1.165) is 28.1 Å². The summed E-state index contributed by atoms with van der Waals surface area (Å²) < 4.78 is 12.6. The van der Waals surface area contributed by atoms with Gasteiger partial charge in [0.1, 0.15) is 16.5 Å². The molecule has 5 nitrogen and oxygen atoms in total. The van der Waals surface area contributed by atoms with Gasteiger partial charge in [-0.3, -0.25) is 0 Å². The number of imidazole rings is 1. The lowest BCUT2D eigenvalue weighted by Crippen LogP contribution is -1.95. The second kappa shape index (κ2) is 5.50. The van der Waals surface area contributed by atoms with Crippen molar-refractivity contribution in [3.05, 3.63) is 35.1 Å². The fourth-order valence-electron chi connectivity index (χ4n) is 2.53. The van der Waals surface area contributed by atoms with Gasteiger partial charge in [-0.15, -0.1) is 0 Å². The van der Waals surface area contributed by atoms with Crippen LogP contribution in [0.1, 0.15) is 5.69 Å². The first-order valence-electron chi connectivity index (χ1n) is 6.77. The normalized spacial score (nSPS) is 11.0. The Morgan fingerprint density at radius 1 is 1.05 bits per heavy atom. The van der Waals surface area contributed by atoms with Crippen LogP contribution >= 0.6 is 11.6 Å². The van der Waals surface area contributed by atoms with E-state index in [1.807, 2.05) is 42.8 Å². The van der Waals surface area contributed by atoms with Crippen LogP contribution in [-0.4, -0.2) is 28.8 Å². The number of pyridine rings is 1. The number of nitrogens with zero attached hydrogens (tertiary/aromatic N) is 3. The van der Waals surface area contributed by atoms with Gasteiger partial charge < -0.3 is 14.0 Å². The molecule has 0 unspecified atom stereocenters. The van der Waals surface area contributed by atoms with Crippen LogP contribution in [0, 0.1) is 6.92 Å². The zero-order valence-corrected chi connectivity index (χ0v) is 13.6. The van der Waals surface area contributed by atoms with Crippen LogP contribution in [0.5, 0.6) is 11.5 Å². The number of halogens is 1. The molecule has 0 bridgehead atoms. The molecule has 22 heavy (non-hydrogen) atoms. The van der Waals surface area contributed by atoms with E-state index < -0.39 is 0 Å². The zero-order chi connectivity index (χ0) is 15.9. The molecule has 0 N–H and O–H groups in total. The van der Waals surface area contributed by atoms with Crippen LogP contribution in [-0.2, 0) is 7.05 Å². The quantitative estimate of drug-likeness (QED) is 0.692. The second-order valence-electron chi connectivity index (χ2n) is 4.96. The van der Waals surface area contributed by atoms with E-state index in [9.17, 15) is 0 Å². The smallest absolute Gasteiger partial charge is 0.161 e. The van der Waals surface area contributed by atoms with Crippen molar-refractivity contribution >= 4 is 22.6 Å². The van der Waals surface area contributed by atoms with Crippen molar-refractivity contribution in [1.82, 2.24) is 14.5 Å². The van der Waals surface area contributed by atoms with Gasteiger partial charge in [0.25, 0.3) is 0 Å². The molecule has 2 aromatic heterocycles. The van der Waals surface area contributed by atoms with Crippen LogP contribution < -0.4 is 9.47 Å². The first-order chi connectivity index (χ1) is 10.5. The predicted octanol–water partition coefficient (Wildman–Crippen LogP) is 3.61. The Balaban J connectivity index is 2.22. The Bertz CT molecular complexity index is 858. The highest BCUT2D eigenvalue weighted by Gasteiger charge is 2.15. The minimum absolute atomic E-state index is 0.465. The van der Waals surface area contributed by atoms with Crippen LogP contribution in [0.3, 0.4) is 0 Å². The molecule has 2 heterocycles. The SMILES string of the molecule is COc1ccc(-c2nc3c(C)nc(Cl)cc3n2C)cc1OC. The number of ether oxygens (including phenoxy) is 2. The molecule has 0 spiro atoms. The van der Waals surface area contributed by atoms with Crippen molar-refractivity contribution in [2.45, 2.75) is 6.92 Å². The van der Waals surface area contributed by atoms with Gasteiger partial charge in [-0.05, 0) is 25.1 Å². The van der Waals surface area contributed by atoms with E-state index in [2.05, 4.69) is 4.98 Å². The summed E-state index contributed by atoms with van der Waals surface area (Å²) in [5, 5.41) is 0.465. The fourth-order valence-corrected chi connectivity index (χ4v) is 2.76. The third-order valence-corrected chi connectivity index (χ3v) is 3.85. The molecular formula is C16H16ClN3O2. The second-order valence-corrected chi connectivity index (χ2v) is 5.35. The Kier molecular flexibility index (Phi) is 3.66. The third-order valence-electron chi connectivity index (χ3n) is 3.65. The molecule has 0 aliphatic rings. The van der Waals surface area contributed by atoms with Gasteiger partial charge >= 0.3 is 0 Å². The van der Waals surface area contributed by atoms with Crippen LogP contribution in [0.2, 0.25) is 5.15 Å². The predicted molar refractivity (Wildman–Crippen MR) is 86.8 cm³/mol. The lowest BCUT2D eigenvalue weighted by Gasteiger charge is -2.09. The molecule has 0 aliphatic heterocycles. The number of benzene rings is 1. The standard InChI is InChI=1S/C16H16ClN3O2/c1-9-15-11(8-14(17)18-9)20(2)16(19-15)10-5-6-12(21-3)13(7-10)22-4/h5-8H,1-4H3. The molecule has 3 aromatic rings. The molecule has 0 aliphatic carbocycles. The summed E-state index contributed by atoms with van der Waals surface area (Å²) in [5.41, 5.74) is 3.54. The molecule has 0 fully saturated rings. The largest absolute Gasteiger partial charge is 0.493 e. The van der Waals surface area contributed by atoms with Gasteiger partial charge in [0.05, 0.1) is 25.4 Å². The Morgan fingerprint density at radius 2 is 1.77 bits per heavy atom. The number of aryl methyl sites for hydroxylation is 2. The molecule has 114 valence electrons. The molecule has 0 saturated heterocycles. The summed E-state index contributed by atoms with van der Waals surface area (Å²) in [4.78, 5) is 8.96. The van der Waals surface area contributed by atoms with Crippen molar-refractivity contribution in [3.63, 3.8) is 0 Å². The molecule has 0 amide bonds. The minimum atomic E-state index is 0.465. The number of hydrogen-bond donors (Lipinski definition) is 0. The van der Waals surface area contributed by atoms with Gasteiger partial charge in [0.2, 0.25) is 0 Å². The summed E-state index contributed by atoms with van der Waals surface area (Å²) in [6.07, 6.45) is 0.